The smallest absolute Gasteiger partial charge is 0.169 e. The molecule has 3 atom stereocenters. The SMILES string of the molecule is Nc1nnc(-c2ccccc2O)cc1N1CC2CCC(C1)N2C[C@]1(O)CCCNC1. The van der Waals surface area contributed by atoms with Crippen molar-refractivity contribution in [1.82, 2.24) is 20.4 Å². The van der Waals surface area contributed by atoms with E-state index in [1.54, 1.807) is 12.1 Å². The number of nitrogens with zero attached hydrogens (tertiary/aromatic N) is 4. The van der Waals surface area contributed by atoms with Gasteiger partial charge >= 0.3 is 0 Å². The maximum atomic E-state index is 11.0. The molecular weight excluding hydrogens is 380 g/mol. The number of phenolic OH excluding ortho intramolecular Hbond substituents is 1. The molecule has 4 heterocycles. The maximum absolute atomic E-state index is 11.0. The molecule has 0 radical (unpaired) electrons. The van der Waals surface area contributed by atoms with Gasteiger partial charge in [-0.1, -0.05) is 12.1 Å². The first-order valence-electron chi connectivity index (χ1n) is 10.9. The Morgan fingerprint density at radius 3 is 2.63 bits per heavy atom. The summed E-state index contributed by atoms with van der Waals surface area (Å²) in [5.74, 6) is 0.596. The Labute approximate surface area is 176 Å². The quantitative estimate of drug-likeness (QED) is 0.595. The lowest BCUT2D eigenvalue weighted by Gasteiger charge is -2.46. The zero-order valence-corrected chi connectivity index (χ0v) is 17.2. The lowest BCUT2D eigenvalue weighted by atomic mass is 9.92. The van der Waals surface area contributed by atoms with Crippen molar-refractivity contribution in [2.24, 2.45) is 0 Å². The molecule has 8 heteroatoms. The largest absolute Gasteiger partial charge is 0.507 e. The van der Waals surface area contributed by atoms with Crippen LogP contribution >= 0.6 is 0 Å². The van der Waals surface area contributed by atoms with Gasteiger partial charge in [-0.25, -0.2) is 0 Å². The Balaban J connectivity index is 1.36. The van der Waals surface area contributed by atoms with Crippen molar-refractivity contribution in [2.45, 2.75) is 43.4 Å². The molecule has 160 valence electrons. The normalized spacial score (nSPS) is 29.3. The molecule has 2 bridgehead atoms. The molecule has 3 fully saturated rings. The van der Waals surface area contributed by atoms with Crippen molar-refractivity contribution in [1.29, 1.82) is 0 Å². The maximum Gasteiger partial charge on any atom is 0.169 e. The fourth-order valence-corrected chi connectivity index (χ4v) is 5.34. The minimum absolute atomic E-state index is 0.182. The average Bonchev–Trinajstić information content (AvgIpc) is 2.96. The number of rotatable bonds is 4. The predicted octanol–water partition coefficient (Wildman–Crippen LogP) is 1.20. The molecule has 0 aliphatic carbocycles. The number of nitrogens with two attached hydrogens (primary N) is 1. The minimum atomic E-state index is -0.628. The number of benzene rings is 1. The first kappa shape index (κ1) is 19.5. The van der Waals surface area contributed by atoms with Crippen molar-refractivity contribution in [3.8, 4) is 17.0 Å². The van der Waals surface area contributed by atoms with Gasteiger partial charge in [-0.15, -0.1) is 10.2 Å². The third-order valence-electron chi connectivity index (χ3n) is 6.88. The number of aromatic nitrogens is 2. The summed E-state index contributed by atoms with van der Waals surface area (Å²) in [4.78, 5) is 4.81. The number of hydrogen-bond donors (Lipinski definition) is 4. The van der Waals surface area contributed by atoms with E-state index in [4.69, 9.17) is 5.73 Å². The van der Waals surface area contributed by atoms with Crippen LogP contribution in [0.25, 0.3) is 11.3 Å². The van der Waals surface area contributed by atoms with E-state index in [-0.39, 0.29) is 5.75 Å². The number of anilines is 2. The van der Waals surface area contributed by atoms with Crippen LogP contribution in [0.2, 0.25) is 0 Å². The van der Waals surface area contributed by atoms with Crippen molar-refractivity contribution in [3.63, 3.8) is 0 Å². The summed E-state index contributed by atoms with van der Waals surface area (Å²) in [5, 5.41) is 32.9. The highest BCUT2D eigenvalue weighted by molar-refractivity contribution is 5.74. The molecule has 1 aromatic carbocycles. The number of piperidine rings is 1. The standard InChI is InChI=1S/C22H30N6O2/c23-21-19(10-18(25-26-21)17-4-1-2-5-20(17)29)27-11-15-6-7-16(12-27)28(15)14-22(30)8-3-9-24-13-22/h1-2,4-5,10,15-16,24,29-30H,3,6-9,11-14H2,(H2,23,26)/t15?,16?,22-/m0/s1. The van der Waals surface area contributed by atoms with Crippen molar-refractivity contribution in [2.75, 3.05) is 43.4 Å². The van der Waals surface area contributed by atoms with Gasteiger partial charge in [0, 0.05) is 43.8 Å². The summed E-state index contributed by atoms with van der Waals surface area (Å²) < 4.78 is 0. The van der Waals surface area contributed by atoms with E-state index in [0.29, 0.717) is 35.7 Å². The van der Waals surface area contributed by atoms with Crippen LogP contribution in [-0.4, -0.2) is 75.7 Å². The molecule has 0 spiro atoms. The van der Waals surface area contributed by atoms with Crippen LogP contribution in [0.15, 0.2) is 30.3 Å². The zero-order chi connectivity index (χ0) is 20.7. The number of fused-ring (bicyclic) bond motifs is 2. The van der Waals surface area contributed by atoms with E-state index in [0.717, 1.165) is 57.5 Å². The Morgan fingerprint density at radius 1 is 1.17 bits per heavy atom. The molecule has 8 nitrogen and oxygen atoms in total. The number of nitrogen functional groups attached to an aromatic ring is 1. The Hall–Kier alpha value is -2.42. The zero-order valence-electron chi connectivity index (χ0n) is 17.2. The van der Waals surface area contributed by atoms with E-state index in [2.05, 4.69) is 25.3 Å². The Kier molecular flexibility index (Phi) is 5.00. The topological polar surface area (TPSA) is 111 Å². The fraction of sp³-hybridized carbons (Fsp3) is 0.545. The van der Waals surface area contributed by atoms with Gasteiger partial charge in [0.25, 0.3) is 0 Å². The number of piperazine rings is 1. The van der Waals surface area contributed by atoms with E-state index in [1.807, 2.05) is 18.2 Å². The number of hydrogen-bond acceptors (Lipinski definition) is 8. The van der Waals surface area contributed by atoms with Gasteiger partial charge in [0.05, 0.1) is 17.0 Å². The Morgan fingerprint density at radius 2 is 1.93 bits per heavy atom. The van der Waals surface area contributed by atoms with Gasteiger partial charge in [-0.05, 0) is 50.4 Å². The van der Waals surface area contributed by atoms with Crippen LogP contribution < -0.4 is 16.0 Å². The average molecular weight is 411 g/mol. The molecular formula is C22H30N6O2. The number of nitrogens with one attached hydrogen (secondary N) is 1. The Bertz CT molecular complexity index is 902. The molecule has 3 saturated heterocycles. The highest BCUT2D eigenvalue weighted by Gasteiger charge is 2.44. The number of β-amino-alcohol motifs (C(OH)–C–C–N with tert-alkyl or cyclic N) is 1. The predicted molar refractivity (Wildman–Crippen MR) is 116 cm³/mol. The summed E-state index contributed by atoms with van der Waals surface area (Å²) >= 11 is 0. The summed E-state index contributed by atoms with van der Waals surface area (Å²) in [6.07, 6.45) is 4.16. The van der Waals surface area contributed by atoms with E-state index in [1.165, 1.54) is 0 Å². The first-order valence-corrected chi connectivity index (χ1v) is 10.9. The van der Waals surface area contributed by atoms with E-state index in [9.17, 15) is 10.2 Å². The van der Waals surface area contributed by atoms with Crippen molar-refractivity contribution < 1.29 is 10.2 Å². The molecule has 2 aromatic rings. The number of para-hydroxylation sites is 1. The summed E-state index contributed by atoms with van der Waals surface area (Å²) in [6, 6.07) is 9.88. The van der Waals surface area contributed by atoms with Crippen LogP contribution in [0.1, 0.15) is 25.7 Å². The van der Waals surface area contributed by atoms with Gasteiger partial charge in [-0.2, -0.15) is 0 Å². The second kappa shape index (κ2) is 7.68. The minimum Gasteiger partial charge on any atom is -0.507 e. The molecule has 0 amide bonds. The van der Waals surface area contributed by atoms with Crippen molar-refractivity contribution in [3.05, 3.63) is 30.3 Å². The van der Waals surface area contributed by atoms with Gasteiger partial charge in [-0.3, -0.25) is 4.90 Å². The third kappa shape index (κ3) is 3.59. The molecule has 5 rings (SSSR count). The highest BCUT2D eigenvalue weighted by Crippen LogP contribution is 2.37. The van der Waals surface area contributed by atoms with Crippen LogP contribution in [0.4, 0.5) is 11.5 Å². The summed E-state index contributed by atoms with van der Waals surface area (Å²) in [6.45, 7) is 4.12. The lowest BCUT2D eigenvalue weighted by Crippen LogP contribution is -2.60. The van der Waals surface area contributed by atoms with Crippen molar-refractivity contribution >= 4 is 11.5 Å². The van der Waals surface area contributed by atoms with Gasteiger partial charge in [0.15, 0.2) is 5.82 Å². The summed E-state index contributed by atoms with van der Waals surface area (Å²) in [7, 11) is 0. The molecule has 5 N–H and O–H groups in total. The van der Waals surface area contributed by atoms with Crippen LogP contribution in [0, 0.1) is 0 Å². The molecule has 30 heavy (non-hydrogen) atoms. The fourth-order valence-electron chi connectivity index (χ4n) is 5.34. The van der Waals surface area contributed by atoms with Gasteiger partial charge < -0.3 is 26.2 Å². The lowest BCUT2D eigenvalue weighted by molar-refractivity contribution is -0.0302. The molecule has 3 aliphatic rings. The number of aromatic hydroxyl groups is 1. The van der Waals surface area contributed by atoms with Crippen LogP contribution in [0.5, 0.6) is 5.75 Å². The second-order valence-electron chi connectivity index (χ2n) is 8.98. The molecule has 0 saturated carbocycles. The van der Waals surface area contributed by atoms with Gasteiger partial charge in [0.1, 0.15) is 5.75 Å². The second-order valence-corrected chi connectivity index (χ2v) is 8.98. The van der Waals surface area contributed by atoms with Crippen LogP contribution in [0.3, 0.4) is 0 Å². The molecule has 1 aromatic heterocycles. The van der Waals surface area contributed by atoms with E-state index >= 15 is 0 Å². The summed E-state index contributed by atoms with van der Waals surface area (Å²) in [5.41, 5.74) is 7.73. The monoisotopic (exact) mass is 410 g/mol. The number of aliphatic hydroxyl groups is 1. The first-order chi connectivity index (χ1) is 14.5. The highest BCUT2D eigenvalue weighted by atomic mass is 16.3. The molecule has 2 unspecified atom stereocenters. The van der Waals surface area contributed by atoms with E-state index < -0.39 is 5.60 Å². The molecule has 3 aliphatic heterocycles. The third-order valence-corrected chi connectivity index (χ3v) is 6.88. The number of phenols is 1. The van der Waals surface area contributed by atoms with Crippen LogP contribution in [-0.2, 0) is 0 Å². The van der Waals surface area contributed by atoms with Gasteiger partial charge in [0.2, 0.25) is 0 Å².